The van der Waals surface area contributed by atoms with Crippen LogP contribution < -0.4 is 10.6 Å². The van der Waals surface area contributed by atoms with Gasteiger partial charge in [-0.2, -0.15) is 0 Å². The van der Waals surface area contributed by atoms with Crippen LogP contribution in [0.2, 0.25) is 5.02 Å². The highest BCUT2D eigenvalue weighted by molar-refractivity contribution is 6.30. The van der Waals surface area contributed by atoms with Crippen LogP contribution in [0.4, 0.5) is 5.69 Å². The Balaban J connectivity index is 1.52. The summed E-state index contributed by atoms with van der Waals surface area (Å²) in [6.45, 7) is 0.821. The van der Waals surface area contributed by atoms with Crippen molar-refractivity contribution in [2.75, 3.05) is 18.5 Å². The first-order valence-corrected chi connectivity index (χ1v) is 10.3. The van der Waals surface area contributed by atoms with Crippen molar-refractivity contribution < 1.29 is 9.53 Å². The van der Waals surface area contributed by atoms with Crippen molar-refractivity contribution in [1.29, 1.82) is 0 Å². The van der Waals surface area contributed by atoms with Crippen LogP contribution in [0.3, 0.4) is 0 Å². The fourth-order valence-electron chi connectivity index (χ4n) is 4.60. The minimum atomic E-state index is -0.489. The van der Waals surface area contributed by atoms with Crippen molar-refractivity contribution in [1.82, 2.24) is 10.3 Å². The van der Waals surface area contributed by atoms with E-state index in [9.17, 15) is 4.79 Å². The molecule has 1 saturated carbocycles. The van der Waals surface area contributed by atoms with E-state index in [1.807, 2.05) is 42.5 Å². The molecule has 2 aromatic rings. The maximum absolute atomic E-state index is 12.9. The number of nitrogens with zero attached hydrogens (tertiary/aromatic N) is 1. The van der Waals surface area contributed by atoms with Crippen molar-refractivity contribution >= 4 is 23.2 Å². The van der Waals surface area contributed by atoms with Crippen LogP contribution >= 0.6 is 11.6 Å². The zero-order valence-corrected chi connectivity index (χ0v) is 16.7. The summed E-state index contributed by atoms with van der Waals surface area (Å²) in [4.78, 5) is 17.5. The Kier molecular flexibility index (Phi) is 5.56. The van der Waals surface area contributed by atoms with Crippen LogP contribution in [-0.2, 0) is 15.1 Å². The summed E-state index contributed by atoms with van der Waals surface area (Å²) >= 11 is 6.02. The molecule has 2 N–H and O–H groups in total. The Morgan fingerprint density at radius 3 is 2.75 bits per heavy atom. The Morgan fingerprint density at radius 1 is 1.14 bits per heavy atom. The normalized spacial score (nSPS) is 23.5. The maximum Gasteiger partial charge on any atom is 0.240 e. The second-order valence-electron chi connectivity index (χ2n) is 7.87. The molecule has 1 saturated heterocycles. The van der Waals surface area contributed by atoms with Gasteiger partial charge < -0.3 is 15.4 Å². The molecular weight excluding hydrogens is 374 g/mol. The third-order valence-electron chi connectivity index (χ3n) is 5.89. The molecule has 148 valence electrons. The summed E-state index contributed by atoms with van der Waals surface area (Å²) in [6, 6.07) is 13.3. The lowest BCUT2D eigenvalue weighted by atomic mass is 9.76. The second kappa shape index (κ2) is 8.10. The molecule has 1 spiro atoms. The average Bonchev–Trinajstić information content (AvgIpc) is 3.14. The molecule has 1 aliphatic carbocycles. The molecular formula is C22H26ClN3O2. The van der Waals surface area contributed by atoms with E-state index in [1.54, 1.807) is 6.20 Å². The molecule has 1 aromatic carbocycles. The van der Waals surface area contributed by atoms with Crippen LogP contribution in [0.5, 0.6) is 0 Å². The Labute approximate surface area is 170 Å². The summed E-state index contributed by atoms with van der Waals surface area (Å²) < 4.78 is 6.22. The van der Waals surface area contributed by atoms with Crippen LogP contribution in [0, 0.1) is 0 Å². The van der Waals surface area contributed by atoms with Gasteiger partial charge in [0.05, 0.1) is 23.4 Å². The minimum Gasteiger partial charge on any atom is -0.376 e. The second-order valence-corrected chi connectivity index (χ2v) is 8.31. The molecule has 0 radical (unpaired) electrons. The van der Waals surface area contributed by atoms with Gasteiger partial charge in [-0.05, 0) is 49.6 Å². The van der Waals surface area contributed by atoms with Gasteiger partial charge >= 0.3 is 0 Å². The molecule has 2 aliphatic rings. The number of anilines is 1. The molecule has 1 amide bonds. The Hall–Kier alpha value is -2.11. The number of carbonyl (C=O) groups is 1. The third-order valence-corrected chi connectivity index (χ3v) is 6.12. The SMILES string of the molecule is O=C(CNc1cccc(Cl)c1)NC1(c2ccccn2)CCOC2(CCCC2)C1. The van der Waals surface area contributed by atoms with E-state index in [4.69, 9.17) is 16.3 Å². The van der Waals surface area contributed by atoms with Crippen molar-refractivity contribution in [3.8, 4) is 0 Å². The lowest BCUT2D eigenvalue weighted by Gasteiger charge is -2.46. The molecule has 1 unspecified atom stereocenters. The van der Waals surface area contributed by atoms with Gasteiger partial charge in [0.25, 0.3) is 0 Å². The summed E-state index contributed by atoms with van der Waals surface area (Å²) in [5, 5.41) is 7.11. The molecule has 5 nitrogen and oxygen atoms in total. The number of halogens is 1. The highest BCUT2D eigenvalue weighted by Gasteiger charge is 2.49. The topological polar surface area (TPSA) is 63.2 Å². The zero-order chi connectivity index (χ0) is 19.5. The van der Waals surface area contributed by atoms with E-state index in [0.717, 1.165) is 37.1 Å². The molecule has 1 aliphatic heterocycles. The number of hydrogen-bond acceptors (Lipinski definition) is 4. The van der Waals surface area contributed by atoms with Crippen molar-refractivity contribution in [3.63, 3.8) is 0 Å². The number of pyridine rings is 1. The molecule has 2 fully saturated rings. The summed E-state index contributed by atoms with van der Waals surface area (Å²) in [7, 11) is 0. The van der Waals surface area contributed by atoms with Crippen molar-refractivity contribution in [2.24, 2.45) is 0 Å². The molecule has 4 rings (SSSR count). The van der Waals surface area contributed by atoms with Crippen molar-refractivity contribution in [3.05, 3.63) is 59.4 Å². The maximum atomic E-state index is 12.9. The quantitative estimate of drug-likeness (QED) is 0.787. The Morgan fingerprint density at radius 2 is 2.00 bits per heavy atom. The number of benzene rings is 1. The number of nitrogens with one attached hydrogen (secondary N) is 2. The zero-order valence-electron chi connectivity index (χ0n) is 15.9. The number of aromatic nitrogens is 1. The molecule has 0 bridgehead atoms. The number of amides is 1. The first kappa shape index (κ1) is 19.2. The fraction of sp³-hybridized carbons (Fsp3) is 0.455. The first-order valence-electron chi connectivity index (χ1n) is 9.95. The number of rotatable bonds is 5. The summed E-state index contributed by atoms with van der Waals surface area (Å²) in [5.41, 5.74) is 1.12. The number of ether oxygens (including phenoxy) is 1. The average molecular weight is 400 g/mol. The lowest BCUT2D eigenvalue weighted by Crippen LogP contribution is -2.56. The van der Waals surface area contributed by atoms with Gasteiger partial charge in [0.2, 0.25) is 5.91 Å². The van der Waals surface area contributed by atoms with Gasteiger partial charge in [0.15, 0.2) is 0 Å². The van der Waals surface area contributed by atoms with Crippen LogP contribution in [-0.4, -0.2) is 29.6 Å². The predicted octanol–water partition coefficient (Wildman–Crippen LogP) is 4.28. The largest absolute Gasteiger partial charge is 0.376 e. The monoisotopic (exact) mass is 399 g/mol. The van der Waals surface area contributed by atoms with Gasteiger partial charge in [0.1, 0.15) is 0 Å². The van der Waals surface area contributed by atoms with Crippen LogP contribution in [0.15, 0.2) is 48.7 Å². The first-order chi connectivity index (χ1) is 13.6. The predicted molar refractivity (Wildman–Crippen MR) is 110 cm³/mol. The van der Waals surface area contributed by atoms with Gasteiger partial charge in [-0.25, -0.2) is 0 Å². The minimum absolute atomic E-state index is 0.0549. The molecule has 28 heavy (non-hydrogen) atoms. The number of hydrogen-bond donors (Lipinski definition) is 2. The van der Waals surface area contributed by atoms with Crippen molar-refractivity contribution in [2.45, 2.75) is 49.7 Å². The fourth-order valence-corrected chi connectivity index (χ4v) is 4.79. The van der Waals surface area contributed by atoms with Crippen LogP contribution in [0.25, 0.3) is 0 Å². The lowest BCUT2D eigenvalue weighted by molar-refractivity contribution is -0.132. The smallest absolute Gasteiger partial charge is 0.240 e. The third kappa shape index (κ3) is 4.15. The summed E-state index contributed by atoms with van der Waals surface area (Å²) in [5.74, 6) is -0.0549. The van der Waals surface area contributed by atoms with Gasteiger partial charge in [-0.15, -0.1) is 0 Å². The number of carbonyl (C=O) groups excluding carboxylic acids is 1. The van der Waals surface area contributed by atoms with E-state index >= 15 is 0 Å². The van der Waals surface area contributed by atoms with E-state index in [-0.39, 0.29) is 18.1 Å². The Bertz CT molecular complexity index is 824. The molecule has 2 heterocycles. The van der Waals surface area contributed by atoms with Gasteiger partial charge in [-0.3, -0.25) is 9.78 Å². The highest BCUT2D eigenvalue weighted by Crippen LogP contribution is 2.46. The van der Waals surface area contributed by atoms with E-state index in [0.29, 0.717) is 11.6 Å². The summed E-state index contributed by atoms with van der Waals surface area (Å²) in [6.07, 6.45) is 7.78. The van der Waals surface area contributed by atoms with E-state index in [2.05, 4.69) is 15.6 Å². The standard InChI is InChI=1S/C22H26ClN3O2/c23-17-6-5-7-18(14-17)25-15-20(27)26-22(19-8-1-4-12-24-19)11-13-28-21(16-22)9-2-3-10-21/h1,4-8,12,14,25H,2-3,9-11,13,15-16H2,(H,26,27). The van der Waals surface area contributed by atoms with E-state index in [1.165, 1.54) is 12.8 Å². The van der Waals surface area contributed by atoms with Crippen LogP contribution in [0.1, 0.15) is 44.2 Å². The van der Waals surface area contributed by atoms with Gasteiger partial charge in [0, 0.05) is 29.9 Å². The highest BCUT2D eigenvalue weighted by atomic mass is 35.5. The molecule has 1 aromatic heterocycles. The molecule has 6 heteroatoms. The van der Waals surface area contributed by atoms with E-state index < -0.39 is 5.54 Å². The van der Waals surface area contributed by atoms with Gasteiger partial charge in [-0.1, -0.05) is 36.6 Å². The molecule has 1 atom stereocenters.